The summed E-state index contributed by atoms with van der Waals surface area (Å²) >= 11 is 0. The van der Waals surface area contributed by atoms with Crippen LogP contribution in [0.2, 0.25) is 0 Å². The lowest BCUT2D eigenvalue weighted by Gasteiger charge is -2.32. The maximum absolute atomic E-state index is 3.77. The number of likely N-dealkylation sites (N-methyl/N-ethyl adjacent to an activating group) is 1. The molecular formula is C16H26N2. The molecule has 0 saturated carbocycles. The van der Waals surface area contributed by atoms with Crippen molar-refractivity contribution in [3.63, 3.8) is 0 Å². The molecule has 1 N–H and O–H groups in total. The molecule has 0 bridgehead atoms. The number of nitrogens with zero attached hydrogens (tertiary/aromatic N) is 1. The van der Waals surface area contributed by atoms with Gasteiger partial charge in [-0.1, -0.05) is 18.2 Å². The van der Waals surface area contributed by atoms with Gasteiger partial charge in [-0.2, -0.15) is 0 Å². The van der Waals surface area contributed by atoms with Gasteiger partial charge in [-0.25, -0.2) is 0 Å². The fourth-order valence-corrected chi connectivity index (χ4v) is 2.79. The maximum Gasteiger partial charge on any atom is 0.0294 e. The molecule has 0 aliphatic carbocycles. The van der Waals surface area contributed by atoms with Crippen LogP contribution in [0.5, 0.6) is 0 Å². The highest BCUT2D eigenvalue weighted by Crippen LogP contribution is 2.19. The SMILES string of the molecule is Cc1ccc(C(C)NC2CCCN(C)C2)cc1C. The van der Waals surface area contributed by atoms with Gasteiger partial charge < -0.3 is 10.2 Å². The van der Waals surface area contributed by atoms with Crippen molar-refractivity contribution in [2.75, 3.05) is 20.1 Å². The number of benzene rings is 1. The summed E-state index contributed by atoms with van der Waals surface area (Å²) < 4.78 is 0. The molecule has 2 nitrogen and oxygen atoms in total. The van der Waals surface area contributed by atoms with E-state index in [1.807, 2.05) is 0 Å². The molecule has 1 saturated heterocycles. The van der Waals surface area contributed by atoms with E-state index in [9.17, 15) is 0 Å². The molecule has 1 aromatic rings. The Balaban J connectivity index is 1.98. The van der Waals surface area contributed by atoms with E-state index in [1.165, 1.54) is 42.6 Å². The zero-order chi connectivity index (χ0) is 13.1. The molecule has 1 heterocycles. The van der Waals surface area contributed by atoms with E-state index < -0.39 is 0 Å². The lowest BCUT2D eigenvalue weighted by Crippen LogP contribution is -2.44. The second-order valence-corrected chi connectivity index (χ2v) is 5.83. The Morgan fingerprint density at radius 2 is 2.06 bits per heavy atom. The highest BCUT2D eigenvalue weighted by molar-refractivity contribution is 5.31. The van der Waals surface area contributed by atoms with Gasteiger partial charge in [-0.05, 0) is 63.9 Å². The zero-order valence-electron chi connectivity index (χ0n) is 12.2. The van der Waals surface area contributed by atoms with Gasteiger partial charge in [0, 0.05) is 18.6 Å². The Morgan fingerprint density at radius 3 is 2.72 bits per heavy atom. The lowest BCUT2D eigenvalue weighted by molar-refractivity contribution is 0.218. The van der Waals surface area contributed by atoms with Gasteiger partial charge in [0.25, 0.3) is 0 Å². The number of rotatable bonds is 3. The summed E-state index contributed by atoms with van der Waals surface area (Å²) in [6, 6.07) is 7.89. The highest BCUT2D eigenvalue weighted by Gasteiger charge is 2.19. The molecule has 0 spiro atoms. The summed E-state index contributed by atoms with van der Waals surface area (Å²) in [7, 11) is 2.22. The van der Waals surface area contributed by atoms with Crippen LogP contribution in [0.15, 0.2) is 18.2 Å². The summed E-state index contributed by atoms with van der Waals surface area (Å²) in [6.45, 7) is 9.07. The van der Waals surface area contributed by atoms with Crippen LogP contribution in [0.1, 0.15) is 42.5 Å². The van der Waals surface area contributed by atoms with Crippen molar-refractivity contribution >= 4 is 0 Å². The average molecular weight is 246 g/mol. The molecule has 100 valence electrons. The van der Waals surface area contributed by atoms with E-state index in [0.29, 0.717) is 12.1 Å². The Kier molecular flexibility index (Phi) is 4.41. The first-order valence-electron chi connectivity index (χ1n) is 7.08. The van der Waals surface area contributed by atoms with Crippen LogP contribution >= 0.6 is 0 Å². The predicted molar refractivity (Wildman–Crippen MR) is 78.0 cm³/mol. The van der Waals surface area contributed by atoms with Crippen LogP contribution in [0.3, 0.4) is 0 Å². The van der Waals surface area contributed by atoms with Crippen LogP contribution < -0.4 is 5.32 Å². The van der Waals surface area contributed by atoms with Crippen molar-refractivity contribution in [1.29, 1.82) is 0 Å². The molecule has 2 heteroatoms. The highest BCUT2D eigenvalue weighted by atomic mass is 15.1. The van der Waals surface area contributed by atoms with Crippen molar-refractivity contribution in [3.8, 4) is 0 Å². The fourth-order valence-electron chi connectivity index (χ4n) is 2.79. The van der Waals surface area contributed by atoms with Crippen molar-refractivity contribution in [2.45, 2.75) is 45.7 Å². The minimum atomic E-state index is 0.445. The minimum Gasteiger partial charge on any atom is -0.306 e. The van der Waals surface area contributed by atoms with Crippen LogP contribution in [-0.2, 0) is 0 Å². The minimum absolute atomic E-state index is 0.445. The van der Waals surface area contributed by atoms with Crippen molar-refractivity contribution in [2.24, 2.45) is 0 Å². The Hall–Kier alpha value is -0.860. The topological polar surface area (TPSA) is 15.3 Å². The van der Waals surface area contributed by atoms with Crippen molar-refractivity contribution < 1.29 is 0 Å². The van der Waals surface area contributed by atoms with Crippen LogP contribution in [0.4, 0.5) is 0 Å². The van der Waals surface area contributed by atoms with Crippen LogP contribution in [0.25, 0.3) is 0 Å². The van der Waals surface area contributed by atoms with E-state index in [4.69, 9.17) is 0 Å². The molecule has 1 aromatic carbocycles. The van der Waals surface area contributed by atoms with Gasteiger partial charge >= 0.3 is 0 Å². The zero-order valence-corrected chi connectivity index (χ0v) is 12.2. The Labute approximate surface area is 111 Å². The van der Waals surface area contributed by atoms with E-state index in [2.05, 4.69) is 56.2 Å². The van der Waals surface area contributed by atoms with E-state index in [0.717, 1.165) is 0 Å². The Bertz CT molecular complexity index is 400. The van der Waals surface area contributed by atoms with Crippen LogP contribution in [0, 0.1) is 13.8 Å². The van der Waals surface area contributed by atoms with Crippen molar-refractivity contribution in [3.05, 3.63) is 34.9 Å². The quantitative estimate of drug-likeness (QED) is 0.882. The first kappa shape index (κ1) is 13.6. The second kappa shape index (κ2) is 5.85. The first-order chi connectivity index (χ1) is 8.56. The number of piperidine rings is 1. The standard InChI is InChI=1S/C16H26N2/c1-12-7-8-15(10-13(12)2)14(3)17-16-6-5-9-18(4)11-16/h7-8,10,14,16-17H,5-6,9,11H2,1-4H3. The molecule has 1 aliphatic heterocycles. The van der Waals surface area contributed by atoms with Gasteiger partial charge in [0.2, 0.25) is 0 Å². The normalized spacial score (nSPS) is 23.0. The third-order valence-electron chi connectivity index (χ3n) is 4.14. The van der Waals surface area contributed by atoms with Gasteiger partial charge in [0.15, 0.2) is 0 Å². The first-order valence-corrected chi connectivity index (χ1v) is 7.08. The molecule has 2 atom stereocenters. The molecule has 2 unspecified atom stereocenters. The van der Waals surface area contributed by atoms with E-state index in [-0.39, 0.29) is 0 Å². The lowest BCUT2D eigenvalue weighted by atomic mass is 9.99. The number of hydrogen-bond acceptors (Lipinski definition) is 2. The summed E-state index contributed by atoms with van der Waals surface area (Å²) in [5.74, 6) is 0. The monoisotopic (exact) mass is 246 g/mol. The summed E-state index contributed by atoms with van der Waals surface area (Å²) in [5.41, 5.74) is 4.18. The number of aryl methyl sites for hydroxylation is 2. The third kappa shape index (κ3) is 3.33. The third-order valence-corrected chi connectivity index (χ3v) is 4.14. The number of likely N-dealkylation sites (tertiary alicyclic amines) is 1. The summed E-state index contributed by atoms with van der Waals surface area (Å²) in [5, 5.41) is 3.77. The fraction of sp³-hybridized carbons (Fsp3) is 0.625. The maximum atomic E-state index is 3.77. The predicted octanol–water partition coefficient (Wildman–Crippen LogP) is 3.05. The number of hydrogen-bond donors (Lipinski definition) is 1. The van der Waals surface area contributed by atoms with E-state index in [1.54, 1.807) is 0 Å². The largest absolute Gasteiger partial charge is 0.306 e. The smallest absolute Gasteiger partial charge is 0.0294 e. The van der Waals surface area contributed by atoms with Crippen LogP contribution in [-0.4, -0.2) is 31.1 Å². The van der Waals surface area contributed by atoms with Gasteiger partial charge in [0.05, 0.1) is 0 Å². The molecular weight excluding hydrogens is 220 g/mol. The van der Waals surface area contributed by atoms with Gasteiger partial charge in [-0.15, -0.1) is 0 Å². The Morgan fingerprint density at radius 1 is 1.28 bits per heavy atom. The molecule has 0 aromatic heterocycles. The molecule has 2 rings (SSSR count). The molecule has 0 amide bonds. The number of nitrogens with one attached hydrogen (secondary N) is 1. The molecule has 0 radical (unpaired) electrons. The van der Waals surface area contributed by atoms with Crippen molar-refractivity contribution in [1.82, 2.24) is 10.2 Å². The molecule has 1 aliphatic rings. The van der Waals surface area contributed by atoms with E-state index >= 15 is 0 Å². The summed E-state index contributed by atoms with van der Waals surface area (Å²) in [4.78, 5) is 2.42. The van der Waals surface area contributed by atoms with Gasteiger partial charge in [0.1, 0.15) is 0 Å². The van der Waals surface area contributed by atoms with Gasteiger partial charge in [-0.3, -0.25) is 0 Å². The summed E-state index contributed by atoms with van der Waals surface area (Å²) in [6.07, 6.45) is 2.62. The molecule has 18 heavy (non-hydrogen) atoms. The second-order valence-electron chi connectivity index (χ2n) is 5.83. The molecule has 1 fully saturated rings. The average Bonchev–Trinajstić information content (AvgIpc) is 2.32.